The quantitative estimate of drug-likeness (QED) is 0.875. The molecule has 130 valence electrons. The highest BCUT2D eigenvalue weighted by atomic mass is 16.5. The minimum atomic E-state index is -0.432. The molecule has 0 fully saturated rings. The molecule has 0 amide bonds. The molecule has 1 aromatic rings. The molecule has 1 aromatic carbocycles. The molecule has 0 spiro atoms. The molecule has 0 aromatic heterocycles. The molecular formula is C21H24N2O2. The van der Waals surface area contributed by atoms with Crippen molar-refractivity contribution in [2.45, 2.75) is 52.4 Å². The smallest absolute Gasteiger partial charge is 0.205 e. The van der Waals surface area contributed by atoms with Gasteiger partial charge in [-0.05, 0) is 22.5 Å². The van der Waals surface area contributed by atoms with Gasteiger partial charge in [-0.15, -0.1) is 0 Å². The van der Waals surface area contributed by atoms with Gasteiger partial charge in [0.15, 0.2) is 5.78 Å². The maximum atomic E-state index is 12.9. The molecule has 1 unspecified atom stereocenters. The Bertz CT molecular complexity index is 820. The van der Waals surface area contributed by atoms with Crippen molar-refractivity contribution in [3.05, 3.63) is 58.2 Å². The van der Waals surface area contributed by atoms with E-state index in [1.165, 1.54) is 5.56 Å². The Kier molecular flexibility index (Phi) is 4.20. The molecule has 1 heterocycles. The summed E-state index contributed by atoms with van der Waals surface area (Å²) in [6.07, 6.45) is 1.10. The van der Waals surface area contributed by atoms with E-state index >= 15 is 0 Å². The highest BCUT2D eigenvalue weighted by molar-refractivity contribution is 6.00. The molecule has 1 aliphatic carbocycles. The molecule has 1 atom stereocenters. The first-order valence-corrected chi connectivity index (χ1v) is 8.67. The van der Waals surface area contributed by atoms with E-state index in [9.17, 15) is 10.1 Å². The molecule has 2 N–H and O–H groups in total. The maximum Gasteiger partial charge on any atom is 0.205 e. The van der Waals surface area contributed by atoms with Gasteiger partial charge < -0.3 is 10.5 Å². The van der Waals surface area contributed by atoms with E-state index in [1.54, 1.807) is 0 Å². The Morgan fingerprint density at radius 2 is 1.88 bits per heavy atom. The number of carbonyl (C=O) groups is 1. The van der Waals surface area contributed by atoms with Gasteiger partial charge in [0.1, 0.15) is 17.4 Å². The lowest BCUT2D eigenvalue weighted by molar-refractivity contribution is -0.119. The van der Waals surface area contributed by atoms with E-state index in [4.69, 9.17) is 10.5 Å². The van der Waals surface area contributed by atoms with Crippen molar-refractivity contribution in [3.8, 4) is 6.07 Å². The van der Waals surface area contributed by atoms with Gasteiger partial charge in [-0.1, -0.05) is 52.0 Å². The van der Waals surface area contributed by atoms with E-state index in [0.717, 1.165) is 5.56 Å². The second kappa shape index (κ2) is 6.07. The second-order valence-electron chi connectivity index (χ2n) is 8.02. The van der Waals surface area contributed by atoms with Crippen molar-refractivity contribution >= 4 is 5.78 Å². The van der Waals surface area contributed by atoms with Crippen LogP contribution in [0, 0.1) is 16.7 Å². The van der Waals surface area contributed by atoms with Crippen LogP contribution < -0.4 is 5.73 Å². The highest BCUT2D eigenvalue weighted by Gasteiger charge is 2.42. The number of carbonyl (C=O) groups excluding carboxylic acids is 1. The van der Waals surface area contributed by atoms with E-state index in [1.807, 2.05) is 26.0 Å². The fraction of sp³-hybridized carbons (Fsp3) is 0.429. The lowest BCUT2D eigenvalue weighted by Crippen LogP contribution is -2.33. The molecule has 0 bridgehead atoms. The number of rotatable bonds is 2. The molecule has 3 rings (SSSR count). The molecule has 4 heteroatoms. The van der Waals surface area contributed by atoms with Crippen LogP contribution in [0.3, 0.4) is 0 Å². The van der Waals surface area contributed by atoms with Crippen LogP contribution in [0.1, 0.15) is 63.5 Å². The van der Waals surface area contributed by atoms with E-state index < -0.39 is 5.92 Å². The standard InChI is InChI=1S/C21H24N2O2/c1-12(2)13-5-7-14(8-6-13)18-15(11-22)20(23)25-17-10-21(3,4)9-16(24)19(17)18/h5-8,12,18H,9-10,23H2,1-4H3. The van der Waals surface area contributed by atoms with Crippen LogP contribution in [-0.4, -0.2) is 5.78 Å². The Morgan fingerprint density at radius 1 is 1.24 bits per heavy atom. The number of ether oxygens (including phenoxy) is 1. The number of benzene rings is 1. The third-order valence-electron chi connectivity index (χ3n) is 5.01. The van der Waals surface area contributed by atoms with Crippen LogP contribution in [0.5, 0.6) is 0 Å². The van der Waals surface area contributed by atoms with Crippen molar-refractivity contribution in [1.82, 2.24) is 0 Å². The number of hydrogen-bond donors (Lipinski definition) is 1. The minimum Gasteiger partial charge on any atom is -0.444 e. The zero-order chi connectivity index (χ0) is 18.4. The molecule has 2 aliphatic rings. The van der Waals surface area contributed by atoms with Crippen LogP contribution in [0.4, 0.5) is 0 Å². The van der Waals surface area contributed by atoms with E-state index in [2.05, 4.69) is 32.0 Å². The third kappa shape index (κ3) is 3.07. The van der Waals surface area contributed by atoms with Gasteiger partial charge in [-0.25, -0.2) is 0 Å². The van der Waals surface area contributed by atoms with Gasteiger partial charge in [-0.2, -0.15) is 5.26 Å². The number of Topliss-reactive ketones (excluding diaryl/α,β-unsaturated/α-hetero) is 1. The highest BCUT2D eigenvalue weighted by Crippen LogP contribution is 2.47. The van der Waals surface area contributed by atoms with Crippen molar-refractivity contribution in [2.75, 3.05) is 0 Å². The van der Waals surface area contributed by atoms with Gasteiger partial charge in [0, 0.05) is 18.4 Å². The van der Waals surface area contributed by atoms with Crippen molar-refractivity contribution < 1.29 is 9.53 Å². The first kappa shape index (κ1) is 17.3. The number of nitrogens with zero attached hydrogens (tertiary/aromatic N) is 1. The number of allylic oxidation sites excluding steroid dienone is 3. The summed E-state index contributed by atoms with van der Waals surface area (Å²) >= 11 is 0. The van der Waals surface area contributed by atoms with Gasteiger partial charge in [-0.3, -0.25) is 4.79 Å². The summed E-state index contributed by atoms with van der Waals surface area (Å²) in [6.45, 7) is 8.36. The summed E-state index contributed by atoms with van der Waals surface area (Å²) in [5.74, 6) is 0.773. The van der Waals surface area contributed by atoms with Crippen molar-refractivity contribution in [3.63, 3.8) is 0 Å². The summed E-state index contributed by atoms with van der Waals surface area (Å²) in [7, 11) is 0. The average Bonchev–Trinajstić information content (AvgIpc) is 2.52. The monoisotopic (exact) mass is 336 g/mol. The first-order valence-electron chi connectivity index (χ1n) is 8.67. The predicted molar refractivity (Wildman–Crippen MR) is 96.2 cm³/mol. The van der Waals surface area contributed by atoms with Gasteiger partial charge in [0.05, 0.1) is 5.92 Å². The summed E-state index contributed by atoms with van der Waals surface area (Å²) in [5, 5.41) is 9.61. The summed E-state index contributed by atoms with van der Waals surface area (Å²) < 4.78 is 5.71. The number of nitrogens with two attached hydrogens (primary N) is 1. The topological polar surface area (TPSA) is 76.1 Å². The van der Waals surface area contributed by atoms with Crippen LogP contribution in [0.15, 0.2) is 47.1 Å². The lowest BCUT2D eigenvalue weighted by atomic mass is 9.70. The van der Waals surface area contributed by atoms with Crippen molar-refractivity contribution in [1.29, 1.82) is 5.26 Å². The van der Waals surface area contributed by atoms with E-state index in [0.29, 0.717) is 35.7 Å². The van der Waals surface area contributed by atoms with Gasteiger partial charge in [0.25, 0.3) is 0 Å². The number of hydrogen-bond acceptors (Lipinski definition) is 4. The molecule has 1 aliphatic heterocycles. The predicted octanol–water partition coefficient (Wildman–Crippen LogP) is 4.26. The van der Waals surface area contributed by atoms with E-state index in [-0.39, 0.29) is 17.1 Å². The number of ketones is 1. The molecule has 0 saturated heterocycles. The summed E-state index contributed by atoms with van der Waals surface area (Å²) in [6, 6.07) is 10.3. The van der Waals surface area contributed by atoms with Crippen LogP contribution in [-0.2, 0) is 9.53 Å². The average molecular weight is 336 g/mol. The molecule has 0 radical (unpaired) electrons. The summed E-state index contributed by atoms with van der Waals surface area (Å²) in [5.41, 5.74) is 8.92. The molecule has 4 nitrogen and oxygen atoms in total. The second-order valence-corrected chi connectivity index (χ2v) is 8.02. The third-order valence-corrected chi connectivity index (χ3v) is 5.01. The number of nitriles is 1. The fourth-order valence-electron chi connectivity index (χ4n) is 3.69. The van der Waals surface area contributed by atoms with Crippen LogP contribution in [0.2, 0.25) is 0 Å². The lowest BCUT2D eigenvalue weighted by Gasteiger charge is -2.37. The fourth-order valence-corrected chi connectivity index (χ4v) is 3.69. The zero-order valence-corrected chi connectivity index (χ0v) is 15.2. The van der Waals surface area contributed by atoms with Crippen LogP contribution >= 0.6 is 0 Å². The first-order chi connectivity index (χ1) is 11.7. The molecule has 25 heavy (non-hydrogen) atoms. The van der Waals surface area contributed by atoms with Gasteiger partial charge >= 0.3 is 0 Å². The van der Waals surface area contributed by atoms with Gasteiger partial charge in [0.2, 0.25) is 5.88 Å². The SMILES string of the molecule is CC(C)c1ccc(C2C(C#N)=C(N)OC3=C2C(=O)CC(C)(C)C3)cc1. The molecule has 0 saturated carbocycles. The summed E-state index contributed by atoms with van der Waals surface area (Å²) in [4.78, 5) is 12.9. The Hall–Kier alpha value is -2.54. The largest absolute Gasteiger partial charge is 0.444 e. The Morgan fingerprint density at radius 3 is 2.44 bits per heavy atom. The Balaban J connectivity index is 2.12. The maximum absolute atomic E-state index is 12.9. The Labute approximate surface area is 149 Å². The normalized spacial score (nSPS) is 22.6. The minimum absolute atomic E-state index is 0.0458. The molecular weight excluding hydrogens is 312 g/mol. The zero-order valence-electron chi connectivity index (χ0n) is 15.2. The van der Waals surface area contributed by atoms with Crippen LogP contribution in [0.25, 0.3) is 0 Å². The van der Waals surface area contributed by atoms with Crippen molar-refractivity contribution in [2.24, 2.45) is 11.1 Å².